The molecule has 0 bridgehead atoms. The molecule has 1 unspecified atom stereocenters. The van der Waals surface area contributed by atoms with E-state index in [1.54, 1.807) is 0 Å². The molecule has 72 valence electrons. The zero-order valence-electron chi connectivity index (χ0n) is 8.37. The normalized spacial score (nSPS) is 20.9. The van der Waals surface area contributed by atoms with Crippen molar-refractivity contribution in [3.05, 3.63) is 0 Å². The minimum Gasteiger partial charge on any atom is -0.846 e. The van der Waals surface area contributed by atoms with E-state index < -0.39 is 23.8 Å². The molecular weight excluding hydrogens is 195 g/mol. The standard InChI is InChI=1S/C8H12N2O3.Na/c1-2-3-4-5-6(11)9-8(13)10-7(5)12;/h5H,2-4H2,1H3,(H2,9,10,11,12,13);/q;+1/p-1. The molecule has 0 aromatic rings. The number of unbranched alkanes of at least 4 members (excludes halogenated alkanes) is 1. The molecule has 0 spiro atoms. The Morgan fingerprint density at radius 2 is 2.14 bits per heavy atom. The van der Waals surface area contributed by atoms with Gasteiger partial charge in [0.25, 0.3) is 5.91 Å². The van der Waals surface area contributed by atoms with Gasteiger partial charge in [0, 0.05) is 0 Å². The molecule has 1 heterocycles. The van der Waals surface area contributed by atoms with E-state index in [0.29, 0.717) is 6.42 Å². The van der Waals surface area contributed by atoms with Crippen LogP contribution < -0.4 is 40.0 Å². The molecule has 2 amide bonds. The molecule has 1 N–H and O–H groups in total. The number of amidine groups is 1. The van der Waals surface area contributed by atoms with Crippen molar-refractivity contribution >= 4 is 17.8 Å². The third-order valence-electron chi connectivity index (χ3n) is 1.90. The van der Waals surface area contributed by atoms with Gasteiger partial charge in [0.2, 0.25) is 5.91 Å². The third-order valence-corrected chi connectivity index (χ3v) is 1.90. The molecule has 1 rings (SSSR count). The first-order valence-electron chi connectivity index (χ1n) is 4.25. The quantitative estimate of drug-likeness (QED) is 0.379. The molecule has 6 heteroatoms. The molecule has 0 radical (unpaired) electrons. The molecule has 0 saturated carbocycles. The smallest absolute Gasteiger partial charge is 0.846 e. The fourth-order valence-electron chi connectivity index (χ4n) is 1.17. The predicted molar refractivity (Wildman–Crippen MR) is 43.6 cm³/mol. The van der Waals surface area contributed by atoms with Crippen molar-refractivity contribution in [3.63, 3.8) is 0 Å². The largest absolute Gasteiger partial charge is 1.00 e. The maximum atomic E-state index is 11.1. The summed E-state index contributed by atoms with van der Waals surface area (Å²) in [5.74, 6) is -1.88. The van der Waals surface area contributed by atoms with Crippen LogP contribution in [0.25, 0.3) is 0 Å². The van der Waals surface area contributed by atoms with Gasteiger partial charge in [-0.15, -0.1) is 0 Å². The number of hydrogen-bond donors (Lipinski definition) is 1. The van der Waals surface area contributed by atoms with Crippen molar-refractivity contribution in [3.8, 4) is 0 Å². The predicted octanol–water partition coefficient (Wildman–Crippen LogP) is -3.83. The molecule has 0 aromatic carbocycles. The molecule has 0 fully saturated rings. The van der Waals surface area contributed by atoms with E-state index in [2.05, 4.69) is 4.99 Å². The molecule has 5 nitrogen and oxygen atoms in total. The van der Waals surface area contributed by atoms with E-state index in [1.807, 2.05) is 12.2 Å². The van der Waals surface area contributed by atoms with Crippen molar-refractivity contribution in [1.29, 1.82) is 0 Å². The summed E-state index contributed by atoms with van der Waals surface area (Å²) >= 11 is 0. The average molecular weight is 206 g/mol. The second-order valence-corrected chi connectivity index (χ2v) is 2.94. The minimum absolute atomic E-state index is 0. The molecule has 1 atom stereocenters. The van der Waals surface area contributed by atoms with E-state index in [0.717, 1.165) is 12.8 Å². The first-order valence-corrected chi connectivity index (χ1v) is 4.25. The van der Waals surface area contributed by atoms with Gasteiger partial charge in [0.05, 0.1) is 6.02 Å². The van der Waals surface area contributed by atoms with Crippen LogP contribution in [-0.4, -0.2) is 17.8 Å². The van der Waals surface area contributed by atoms with Gasteiger partial charge >= 0.3 is 29.6 Å². The first-order chi connectivity index (χ1) is 6.15. The van der Waals surface area contributed by atoms with Crippen LogP contribution in [0.4, 0.5) is 0 Å². The van der Waals surface area contributed by atoms with Gasteiger partial charge in [-0.05, 0) is 6.42 Å². The number of carbonyl (C=O) groups excluding carboxylic acids is 2. The van der Waals surface area contributed by atoms with Gasteiger partial charge in [0.1, 0.15) is 5.92 Å². The topological polar surface area (TPSA) is 81.6 Å². The maximum absolute atomic E-state index is 11.1. The van der Waals surface area contributed by atoms with Crippen LogP contribution in [0.15, 0.2) is 4.99 Å². The number of aliphatic imine (C=N–C) groups is 1. The molecule has 1 aliphatic rings. The van der Waals surface area contributed by atoms with Crippen molar-refractivity contribution in [1.82, 2.24) is 5.32 Å². The Morgan fingerprint density at radius 1 is 1.50 bits per heavy atom. The zero-order valence-corrected chi connectivity index (χ0v) is 10.4. The van der Waals surface area contributed by atoms with E-state index in [9.17, 15) is 14.7 Å². The number of carbonyl (C=O) groups is 2. The van der Waals surface area contributed by atoms with Crippen molar-refractivity contribution < 1.29 is 44.3 Å². The van der Waals surface area contributed by atoms with Crippen LogP contribution in [0.3, 0.4) is 0 Å². The Labute approximate surface area is 104 Å². The second kappa shape index (κ2) is 6.16. The Kier molecular flexibility index (Phi) is 5.99. The van der Waals surface area contributed by atoms with Gasteiger partial charge in [-0.25, -0.2) is 4.99 Å². The van der Waals surface area contributed by atoms with Crippen LogP contribution in [0.2, 0.25) is 0 Å². The van der Waals surface area contributed by atoms with E-state index >= 15 is 0 Å². The summed E-state index contributed by atoms with van der Waals surface area (Å²) in [5, 5.41) is 12.6. The SMILES string of the molecule is CCCCC1C(=O)N=C([O-])NC1=O.[Na+]. The third kappa shape index (κ3) is 3.40. The first kappa shape index (κ1) is 13.6. The van der Waals surface area contributed by atoms with Crippen LogP contribution in [0.5, 0.6) is 0 Å². The van der Waals surface area contributed by atoms with Crippen molar-refractivity contribution in [2.24, 2.45) is 10.9 Å². The molecular formula is C8H11N2NaO3. The monoisotopic (exact) mass is 206 g/mol. The molecule has 0 aliphatic carbocycles. The summed E-state index contributed by atoms with van der Waals surface area (Å²) in [4.78, 5) is 25.3. The summed E-state index contributed by atoms with van der Waals surface area (Å²) in [5.41, 5.74) is 0. The van der Waals surface area contributed by atoms with Crippen LogP contribution in [-0.2, 0) is 9.59 Å². The second-order valence-electron chi connectivity index (χ2n) is 2.94. The van der Waals surface area contributed by atoms with E-state index in [4.69, 9.17) is 0 Å². The van der Waals surface area contributed by atoms with Crippen LogP contribution in [0, 0.1) is 5.92 Å². The number of nitrogens with one attached hydrogen (secondary N) is 1. The summed E-state index contributed by atoms with van der Waals surface area (Å²) in [6.07, 6.45) is 2.16. The fourth-order valence-corrected chi connectivity index (χ4v) is 1.17. The Bertz CT molecular complexity index is 265. The Balaban J connectivity index is 0.00000169. The number of nitrogens with zero attached hydrogens (tertiary/aromatic N) is 1. The Hall–Kier alpha value is -0.390. The fraction of sp³-hybridized carbons (Fsp3) is 0.625. The number of amides is 2. The number of hydrogen-bond acceptors (Lipinski definition) is 3. The zero-order chi connectivity index (χ0) is 9.84. The van der Waals surface area contributed by atoms with Crippen molar-refractivity contribution in [2.45, 2.75) is 26.2 Å². The summed E-state index contributed by atoms with van der Waals surface area (Å²) < 4.78 is 0. The van der Waals surface area contributed by atoms with Gasteiger partial charge in [0.15, 0.2) is 0 Å². The van der Waals surface area contributed by atoms with Crippen LogP contribution in [0.1, 0.15) is 26.2 Å². The maximum Gasteiger partial charge on any atom is 1.00 e. The Morgan fingerprint density at radius 3 is 2.64 bits per heavy atom. The number of rotatable bonds is 3. The van der Waals surface area contributed by atoms with Gasteiger partial charge in [-0.2, -0.15) is 0 Å². The summed E-state index contributed by atoms with van der Waals surface area (Å²) in [6.45, 7) is 1.97. The molecule has 1 aliphatic heterocycles. The van der Waals surface area contributed by atoms with Gasteiger partial charge in [-0.1, -0.05) is 19.8 Å². The molecule has 0 aromatic heterocycles. The molecule has 14 heavy (non-hydrogen) atoms. The summed E-state index contributed by atoms with van der Waals surface area (Å²) in [7, 11) is 0. The van der Waals surface area contributed by atoms with Crippen LogP contribution >= 0.6 is 0 Å². The minimum atomic E-state index is -0.845. The van der Waals surface area contributed by atoms with Gasteiger partial charge in [-0.3, -0.25) is 9.59 Å². The van der Waals surface area contributed by atoms with Gasteiger partial charge < -0.3 is 10.4 Å². The average Bonchev–Trinajstić information content (AvgIpc) is 2.02. The molecule has 0 saturated heterocycles. The van der Waals surface area contributed by atoms with Crippen molar-refractivity contribution in [2.75, 3.05) is 0 Å². The van der Waals surface area contributed by atoms with E-state index in [-0.39, 0.29) is 29.6 Å². The summed E-state index contributed by atoms with van der Waals surface area (Å²) in [6, 6.07) is -0.845. The van der Waals surface area contributed by atoms with E-state index in [1.165, 1.54) is 0 Å².